The molecule has 96 valence electrons. The lowest BCUT2D eigenvalue weighted by molar-refractivity contribution is 0.397. The summed E-state index contributed by atoms with van der Waals surface area (Å²) in [5.41, 5.74) is 2.80. The summed E-state index contributed by atoms with van der Waals surface area (Å²) >= 11 is 6.42. The molecule has 3 nitrogen and oxygen atoms in total. The topological polar surface area (TPSA) is 31.4 Å². The molecule has 4 heteroatoms. The second-order valence-corrected chi connectivity index (χ2v) is 4.45. The highest BCUT2D eigenvalue weighted by molar-refractivity contribution is 6.36. The van der Waals surface area contributed by atoms with Crippen LogP contribution in [0.15, 0.2) is 12.1 Å². The van der Waals surface area contributed by atoms with Gasteiger partial charge in [-0.2, -0.15) is 0 Å². The molecule has 0 bridgehead atoms. The van der Waals surface area contributed by atoms with E-state index in [2.05, 4.69) is 11.9 Å². The molecule has 1 aromatic heterocycles. The van der Waals surface area contributed by atoms with E-state index < -0.39 is 0 Å². The zero-order valence-corrected chi connectivity index (χ0v) is 11.8. The standard InChI is InChI=1S/C14H16ClNO2/c1-5-11-8(2)13(15)10-6-9(17-3)7-12(18-4)14(10)16-11/h6-7H,5H2,1-4H3. The zero-order valence-electron chi connectivity index (χ0n) is 11.0. The Labute approximate surface area is 112 Å². The average molecular weight is 266 g/mol. The molecule has 0 atom stereocenters. The van der Waals surface area contributed by atoms with E-state index in [-0.39, 0.29) is 0 Å². The number of aryl methyl sites for hydroxylation is 1. The van der Waals surface area contributed by atoms with Crippen molar-refractivity contribution in [1.82, 2.24) is 4.98 Å². The van der Waals surface area contributed by atoms with E-state index in [9.17, 15) is 0 Å². The van der Waals surface area contributed by atoms with Gasteiger partial charge in [0.15, 0.2) is 0 Å². The Morgan fingerprint density at radius 1 is 1.22 bits per heavy atom. The summed E-state index contributed by atoms with van der Waals surface area (Å²) in [5, 5.41) is 1.58. The lowest BCUT2D eigenvalue weighted by Gasteiger charge is -2.13. The predicted octanol–water partition coefficient (Wildman–Crippen LogP) is 3.78. The SMILES string of the molecule is CCc1nc2c(OC)cc(OC)cc2c(Cl)c1C. The van der Waals surface area contributed by atoms with E-state index in [0.29, 0.717) is 16.5 Å². The summed E-state index contributed by atoms with van der Waals surface area (Å²) in [5.74, 6) is 1.40. The van der Waals surface area contributed by atoms with Gasteiger partial charge >= 0.3 is 0 Å². The fourth-order valence-electron chi connectivity index (χ4n) is 2.03. The van der Waals surface area contributed by atoms with Gasteiger partial charge in [-0.25, -0.2) is 4.98 Å². The molecule has 0 N–H and O–H groups in total. The Bertz CT molecular complexity index is 596. The number of halogens is 1. The molecule has 0 aliphatic carbocycles. The number of hydrogen-bond acceptors (Lipinski definition) is 3. The first kappa shape index (κ1) is 13.0. The van der Waals surface area contributed by atoms with Crippen molar-refractivity contribution >= 4 is 22.5 Å². The second kappa shape index (κ2) is 5.02. The molecule has 0 spiro atoms. The molecule has 0 saturated carbocycles. The van der Waals surface area contributed by atoms with Gasteiger partial charge in [0.2, 0.25) is 0 Å². The van der Waals surface area contributed by atoms with Crippen LogP contribution in [0.1, 0.15) is 18.2 Å². The van der Waals surface area contributed by atoms with E-state index in [1.165, 1.54) is 0 Å². The molecule has 0 amide bonds. The third-order valence-electron chi connectivity index (χ3n) is 3.08. The molecule has 18 heavy (non-hydrogen) atoms. The van der Waals surface area contributed by atoms with Gasteiger partial charge in [-0.3, -0.25) is 0 Å². The highest BCUT2D eigenvalue weighted by Crippen LogP contribution is 2.36. The summed E-state index contributed by atoms with van der Waals surface area (Å²) in [7, 11) is 3.24. The Balaban J connectivity index is 2.87. The first-order valence-electron chi connectivity index (χ1n) is 5.83. The number of ether oxygens (including phenoxy) is 2. The maximum absolute atomic E-state index is 6.42. The summed E-state index contributed by atoms with van der Waals surface area (Å²) in [6.45, 7) is 4.05. The van der Waals surface area contributed by atoms with Crippen LogP contribution < -0.4 is 9.47 Å². The molecule has 1 aromatic carbocycles. The van der Waals surface area contributed by atoms with Crippen LogP contribution in [0, 0.1) is 6.92 Å². The molecular weight excluding hydrogens is 250 g/mol. The molecule has 0 saturated heterocycles. The quantitative estimate of drug-likeness (QED) is 0.846. The minimum atomic E-state index is 0.681. The number of nitrogens with zero attached hydrogens (tertiary/aromatic N) is 1. The third kappa shape index (κ3) is 1.99. The zero-order chi connectivity index (χ0) is 13.3. The van der Waals surface area contributed by atoms with Crippen molar-refractivity contribution in [3.63, 3.8) is 0 Å². The molecule has 0 fully saturated rings. The molecule has 0 aliphatic rings. The van der Waals surface area contributed by atoms with Gasteiger partial charge < -0.3 is 9.47 Å². The molecule has 2 rings (SSSR count). The van der Waals surface area contributed by atoms with Gasteiger partial charge in [0.1, 0.15) is 17.0 Å². The summed E-state index contributed by atoms with van der Waals surface area (Å²) in [4.78, 5) is 4.64. The fourth-order valence-corrected chi connectivity index (χ4v) is 2.28. The van der Waals surface area contributed by atoms with Gasteiger partial charge in [0, 0.05) is 17.1 Å². The average Bonchev–Trinajstić information content (AvgIpc) is 2.41. The molecule has 2 aromatic rings. The largest absolute Gasteiger partial charge is 0.497 e. The van der Waals surface area contributed by atoms with Gasteiger partial charge in [-0.05, 0) is 25.0 Å². The van der Waals surface area contributed by atoms with Gasteiger partial charge in [-0.15, -0.1) is 0 Å². The first-order chi connectivity index (χ1) is 8.62. The van der Waals surface area contributed by atoms with E-state index in [1.54, 1.807) is 14.2 Å². The van der Waals surface area contributed by atoms with Crippen LogP contribution in [0.2, 0.25) is 5.02 Å². The van der Waals surface area contributed by atoms with Crippen LogP contribution in [0.3, 0.4) is 0 Å². The van der Waals surface area contributed by atoms with Crippen molar-refractivity contribution in [2.45, 2.75) is 20.3 Å². The molecule has 0 radical (unpaired) electrons. The van der Waals surface area contributed by atoms with Crippen LogP contribution in [-0.2, 0) is 6.42 Å². The fraction of sp³-hybridized carbons (Fsp3) is 0.357. The first-order valence-corrected chi connectivity index (χ1v) is 6.20. The van der Waals surface area contributed by atoms with E-state index >= 15 is 0 Å². The minimum Gasteiger partial charge on any atom is -0.497 e. The van der Waals surface area contributed by atoms with Crippen molar-refractivity contribution in [2.24, 2.45) is 0 Å². The Kier molecular flexibility index (Phi) is 3.62. The summed E-state index contributed by atoms with van der Waals surface area (Å²) in [6.07, 6.45) is 0.844. The molecule has 0 unspecified atom stereocenters. The molecular formula is C14H16ClNO2. The van der Waals surface area contributed by atoms with Crippen molar-refractivity contribution in [3.05, 3.63) is 28.4 Å². The van der Waals surface area contributed by atoms with Crippen molar-refractivity contribution in [1.29, 1.82) is 0 Å². The normalized spacial score (nSPS) is 10.7. The predicted molar refractivity (Wildman–Crippen MR) is 74.0 cm³/mol. The molecule has 1 heterocycles. The van der Waals surface area contributed by atoms with Gasteiger partial charge in [0.05, 0.1) is 19.2 Å². The number of benzene rings is 1. The molecule has 0 aliphatic heterocycles. The number of fused-ring (bicyclic) bond motifs is 1. The van der Waals surface area contributed by atoms with Gasteiger partial charge in [0.25, 0.3) is 0 Å². The Hall–Kier alpha value is -1.48. The summed E-state index contributed by atoms with van der Waals surface area (Å²) in [6, 6.07) is 3.71. The highest BCUT2D eigenvalue weighted by Gasteiger charge is 2.14. The lowest BCUT2D eigenvalue weighted by atomic mass is 10.1. The lowest BCUT2D eigenvalue weighted by Crippen LogP contribution is -1.98. The van der Waals surface area contributed by atoms with Crippen LogP contribution in [0.5, 0.6) is 11.5 Å². The minimum absolute atomic E-state index is 0.681. The van der Waals surface area contributed by atoms with Crippen molar-refractivity contribution < 1.29 is 9.47 Å². The summed E-state index contributed by atoms with van der Waals surface area (Å²) < 4.78 is 10.6. The van der Waals surface area contributed by atoms with Crippen LogP contribution in [-0.4, -0.2) is 19.2 Å². The van der Waals surface area contributed by atoms with Crippen LogP contribution in [0.25, 0.3) is 10.9 Å². The van der Waals surface area contributed by atoms with Crippen molar-refractivity contribution in [3.8, 4) is 11.5 Å². The maximum Gasteiger partial charge on any atom is 0.148 e. The number of methoxy groups -OCH3 is 2. The van der Waals surface area contributed by atoms with Crippen LogP contribution >= 0.6 is 11.6 Å². The highest BCUT2D eigenvalue weighted by atomic mass is 35.5. The Morgan fingerprint density at radius 2 is 1.94 bits per heavy atom. The van der Waals surface area contributed by atoms with E-state index in [4.69, 9.17) is 21.1 Å². The van der Waals surface area contributed by atoms with E-state index in [0.717, 1.165) is 28.6 Å². The smallest absolute Gasteiger partial charge is 0.148 e. The number of rotatable bonds is 3. The number of aromatic nitrogens is 1. The van der Waals surface area contributed by atoms with Gasteiger partial charge in [-0.1, -0.05) is 18.5 Å². The second-order valence-electron chi connectivity index (χ2n) is 4.08. The van der Waals surface area contributed by atoms with Crippen LogP contribution in [0.4, 0.5) is 0 Å². The number of hydrogen-bond donors (Lipinski definition) is 0. The third-order valence-corrected chi connectivity index (χ3v) is 3.57. The van der Waals surface area contributed by atoms with Crippen molar-refractivity contribution in [2.75, 3.05) is 14.2 Å². The van der Waals surface area contributed by atoms with E-state index in [1.807, 2.05) is 19.1 Å². The maximum atomic E-state index is 6.42. The Morgan fingerprint density at radius 3 is 2.50 bits per heavy atom. The monoisotopic (exact) mass is 265 g/mol. The number of pyridine rings is 1.